The van der Waals surface area contributed by atoms with E-state index < -0.39 is 0 Å². The second-order valence-electron chi connectivity index (χ2n) is 8.10. The van der Waals surface area contributed by atoms with Gasteiger partial charge in [0.1, 0.15) is 0 Å². The summed E-state index contributed by atoms with van der Waals surface area (Å²) in [5.41, 5.74) is 5.52. The number of carbonyl (C=O) groups is 2. The fourth-order valence-corrected chi connectivity index (χ4v) is 5.17. The Morgan fingerprint density at radius 3 is 2.09 bits per heavy atom. The van der Waals surface area contributed by atoms with Crippen LogP contribution >= 0.6 is 11.6 Å². The molecular formula is C28H23ClO4. The second kappa shape index (κ2) is 8.53. The van der Waals surface area contributed by atoms with Crippen LogP contribution < -0.4 is 0 Å². The summed E-state index contributed by atoms with van der Waals surface area (Å²) in [6, 6.07) is 19.5. The zero-order valence-electron chi connectivity index (χ0n) is 18.5. The van der Waals surface area contributed by atoms with E-state index in [1.54, 1.807) is 26.0 Å². The zero-order chi connectivity index (χ0) is 23.1. The number of rotatable bonds is 5. The Labute approximate surface area is 197 Å². The summed E-state index contributed by atoms with van der Waals surface area (Å²) >= 11 is 6.14. The smallest absolute Gasteiger partial charge is 0.335 e. The lowest BCUT2D eigenvalue weighted by atomic mass is 9.74. The van der Waals surface area contributed by atoms with Crippen molar-refractivity contribution in [3.63, 3.8) is 0 Å². The van der Waals surface area contributed by atoms with E-state index in [1.165, 1.54) is 0 Å². The van der Waals surface area contributed by atoms with Crippen LogP contribution in [0.4, 0.5) is 0 Å². The normalized spacial score (nSPS) is 16.8. The molecule has 0 aliphatic heterocycles. The van der Waals surface area contributed by atoms with Crippen LogP contribution in [0.15, 0.2) is 71.8 Å². The summed E-state index contributed by atoms with van der Waals surface area (Å²) in [4.78, 5) is 26.6. The van der Waals surface area contributed by atoms with Crippen molar-refractivity contribution in [2.24, 2.45) is 0 Å². The summed E-state index contributed by atoms with van der Waals surface area (Å²) in [7, 11) is 0. The molecular weight excluding hydrogens is 436 g/mol. The van der Waals surface area contributed by atoms with Gasteiger partial charge >= 0.3 is 11.9 Å². The van der Waals surface area contributed by atoms with Gasteiger partial charge in [-0.25, -0.2) is 9.59 Å². The highest BCUT2D eigenvalue weighted by Gasteiger charge is 2.41. The molecule has 0 saturated carbocycles. The zero-order valence-corrected chi connectivity index (χ0v) is 19.2. The number of hydrogen-bond acceptors (Lipinski definition) is 4. The van der Waals surface area contributed by atoms with E-state index in [-0.39, 0.29) is 31.1 Å². The Kier molecular flexibility index (Phi) is 5.55. The lowest BCUT2D eigenvalue weighted by Gasteiger charge is -2.29. The molecule has 0 N–H and O–H groups in total. The fourth-order valence-electron chi connectivity index (χ4n) is 5.04. The molecule has 3 aromatic rings. The first-order valence-corrected chi connectivity index (χ1v) is 11.5. The molecule has 0 saturated heterocycles. The van der Waals surface area contributed by atoms with E-state index in [1.807, 2.05) is 48.5 Å². The number of allylic oxidation sites excluding steroid dienone is 2. The Morgan fingerprint density at radius 2 is 1.45 bits per heavy atom. The van der Waals surface area contributed by atoms with Crippen molar-refractivity contribution < 1.29 is 19.1 Å². The van der Waals surface area contributed by atoms with Gasteiger partial charge in [-0.3, -0.25) is 0 Å². The molecule has 2 aliphatic rings. The van der Waals surface area contributed by atoms with E-state index in [0.717, 1.165) is 38.6 Å². The fraction of sp³-hybridized carbons (Fsp3) is 0.214. The van der Waals surface area contributed by atoms with E-state index in [2.05, 4.69) is 0 Å². The van der Waals surface area contributed by atoms with E-state index in [0.29, 0.717) is 22.6 Å². The molecule has 0 fully saturated rings. The third-order valence-electron chi connectivity index (χ3n) is 6.31. The number of carbonyl (C=O) groups excluding carboxylic acids is 2. The first-order valence-electron chi connectivity index (χ1n) is 11.1. The number of hydrogen-bond donors (Lipinski definition) is 0. The van der Waals surface area contributed by atoms with Crippen LogP contribution in [0.1, 0.15) is 42.9 Å². The van der Waals surface area contributed by atoms with Gasteiger partial charge in [0.2, 0.25) is 0 Å². The molecule has 33 heavy (non-hydrogen) atoms. The van der Waals surface area contributed by atoms with E-state index in [4.69, 9.17) is 21.1 Å². The molecule has 0 spiro atoms. The Morgan fingerprint density at radius 1 is 0.848 bits per heavy atom. The van der Waals surface area contributed by atoms with Gasteiger partial charge in [-0.2, -0.15) is 0 Å². The lowest BCUT2D eigenvalue weighted by molar-refractivity contribution is -0.140. The molecule has 0 amide bonds. The molecule has 5 rings (SSSR count). The van der Waals surface area contributed by atoms with Gasteiger partial charge in [-0.05, 0) is 59.9 Å². The molecule has 2 aliphatic carbocycles. The molecule has 4 nitrogen and oxygen atoms in total. The van der Waals surface area contributed by atoms with Gasteiger partial charge in [0.05, 0.1) is 18.8 Å². The number of halogens is 1. The second-order valence-corrected chi connectivity index (χ2v) is 8.54. The van der Waals surface area contributed by atoms with Crippen LogP contribution in [0.3, 0.4) is 0 Å². The summed E-state index contributed by atoms with van der Waals surface area (Å²) in [6.07, 6.45) is 0.345. The minimum atomic E-state index is -0.363. The Bertz CT molecular complexity index is 1340. The van der Waals surface area contributed by atoms with Gasteiger partial charge in [-0.1, -0.05) is 60.1 Å². The Hall–Kier alpha value is -3.37. The third-order valence-corrected chi connectivity index (χ3v) is 6.56. The van der Waals surface area contributed by atoms with Crippen LogP contribution in [0.5, 0.6) is 0 Å². The van der Waals surface area contributed by atoms with E-state index >= 15 is 0 Å². The standard InChI is InChI=1S/C28H23ClO4/c1-3-32-27(30)22-15-21(16-11-13-18(29)14-12-16)26(28(31)33-4-2)25-20-10-6-8-17-7-5-9-19(23(17)20)24(22)25/h5-14,21H,3-4,15H2,1-2H3. The van der Waals surface area contributed by atoms with Gasteiger partial charge in [0.25, 0.3) is 0 Å². The number of ether oxygens (including phenoxy) is 2. The average molecular weight is 459 g/mol. The molecule has 5 heteroatoms. The first kappa shape index (κ1) is 21.5. The SMILES string of the molecule is CCOC(=O)C1=C2C(=C(C(=O)OCC)C(c3ccc(Cl)cc3)C1)c1cccc3cccc2c13. The van der Waals surface area contributed by atoms with Crippen molar-refractivity contribution >= 4 is 45.5 Å². The summed E-state index contributed by atoms with van der Waals surface area (Å²) in [5, 5.41) is 2.72. The number of esters is 2. The minimum absolute atomic E-state index is 0.268. The van der Waals surface area contributed by atoms with Crippen LogP contribution in [-0.4, -0.2) is 25.2 Å². The monoisotopic (exact) mass is 458 g/mol. The highest BCUT2D eigenvalue weighted by molar-refractivity contribution is 6.31. The topological polar surface area (TPSA) is 52.6 Å². The molecule has 0 aromatic heterocycles. The minimum Gasteiger partial charge on any atom is -0.463 e. The van der Waals surface area contributed by atoms with Crippen molar-refractivity contribution in [2.75, 3.05) is 13.2 Å². The number of benzene rings is 3. The molecule has 0 heterocycles. The van der Waals surface area contributed by atoms with Crippen molar-refractivity contribution in [2.45, 2.75) is 26.2 Å². The maximum Gasteiger partial charge on any atom is 0.335 e. The maximum absolute atomic E-state index is 13.4. The highest BCUT2D eigenvalue weighted by atomic mass is 35.5. The maximum atomic E-state index is 13.4. The highest BCUT2D eigenvalue weighted by Crippen LogP contribution is 2.55. The van der Waals surface area contributed by atoms with Crippen LogP contribution in [0.25, 0.3) is 21.9 Å². The van der Waals surface area contributed by atoms with Gasteiger partial charge in [0.15, 0.2) is 0 Å². The number of fused-ring (bicyclic) bond motifs is 3. The Balaban J connectivity index is 1.86. The predicted molar refractivity (Wildman–Crippen MR) is 130 cm³/mol. The molecule has 0 radical (unpaired) electrons. The van der Waals surface area contributed by atoms with Gasteiger partial charge in [-0.15, -0.1) is 0 Å². The van der Waals surface area contributed by atoms with E-state index in [9.17, 15) is 9.59 Å². The first-order chi connectivity index (χ1) is 16.0. The van der Waals surface area contributed by atoms with Crippen molar-refractivity contribution in [1.82, 2.24) is 0 Å². The van der Waals surface area contributed by atoms with Crippen LogP contribution in [-0.2, 0) is 19.1 Å². The predicted octanol–water partition coefficient (Wildman–Crippen LogP) is 6.33. The lowest BCUT2D eigenvalue weighted by Crippen LogP contribution is -2.24. The largest absolute Gasteiger partial charge is 0.463 e. The van der Waals surface area contributed by atoms with Crippen molar-refractivity contribution in [3.05, 3.63) is 93.5 Å². The molecule has 1 atom stereocenters. The molecule has 0 bridgehead atoms. The quantitative estimate of drug-likeness (QED) is 0.419. The average Bonchev–Trinajstić information content (AvgIpc) is 3.15. The summed E-state index contributed by atoms with van der Waals surface area (Å²) < 4.78 is 11.0. The molecule has 166 valence electrons. The van der Waals surface area contributed by atoms with Crippen molar-refractivity contribution in [1.29, 1.82) is 0 Å². The summed E-state index contributed by atoms with van der Waals surface area (Å²) in [6.45, 7) is 4.15. The van der Waals surface area contributed by atoms with Gasteiger partial charge < -0.3 is 9.47 Å². The summed E-state index contributed by atoms with van der Waals surface area (Å²) in [5.74, 6) is -1.07. The van der Waals surface area contributed by atoms with Crippen LogP contribution in [0.2, 0.25) is 5.02 Å². The molecule has 1 unspecified atom stereocenters. The molecule has 3 aromatic carbocycles. The van der Waals surface area contributed by atoms with Crippen molar-refractivity contribution in [3.8, 4) is 0 Å². The third kappa shape index (κ3) is 3.46. The van der Waals surface area contributed by atoms with Gasteiger partial charge in [0, 0.05) is 27.7 Å². The van der Waals surface area contributed by atoms with Crippen LogP contribution in [0, 0.1) is 0 Å².